The molecule has 0 atom stereocenters. The van der Waals surface area contributed by atoms with E-state index >= 15 is 0 Å². The minimum absolute atomic E-state index is 0.432. The van der Waals surface area contributed by atoms with Crippen LogP contribution in [-0.4, -0.2) is 16.1 Å². The summed E-state index contributed by atoms with van der Waals surface area (Å²) in [5, 5.41) is 7.45. The van der Waals surface area contributed by atoms with Gasteiger partial charge in [-0.1, -0.05) is 84.4 Å². The van der Waals surface area contributed by atoms with E-state index in [9.17, 15) is 4.79 Å². The number of nitrogens with one attached hydrogen (secondary N) is 1. The maximum atomic E-state index is 12.2. The summed E-state index contributed by atoms with van der Waals surface area (Å²) < 4.78 is 0. The van der Waals surface area contributed by atoms with Crippen LogP contribution in [0.1, 0.15) is 38.4 Å². The maximum Gasteiger partial charge on any atom is 0.252 e. The number of rotatable bonds is 7. The molecule has 1 amide bonds. The Bertz CT molecular complexity index is 1130. The van der Waals surface area contributed by atoms with Crippen LogP contribution < -0.4 is 5.73 Å². The Morgan fingerprint density at radius 3 is 2.13 bits per heavy atom. The van der Waals surface area contributed by atoms with E-state index in [1.54, 1.807) is 0 Å². The van der Waals surface area contributed by atoms with E-state index in [0.717, 1.165) is 28.9 Å². The fourth-order valence-corrected chi connectivity index (χ4v) is 3.69. The number of benzene rings is 3. The predicted octanol–water partition coefficient (Wildman–Crippen LogP) is 4.86. The molecule has 30 heavy (non-hydrogen) atoms. The quantitative estimate of drug-likeness (QED) is 0.469. The normalized spacial score (nSPS) is 10.8. The maximum absolute atomic E-state index is 12.2. The van der Waals surface area contributed by atoms with Crippen LogP contribution in [0.4, 0.5) is 0 Å². The van der Waals surface area contributed by atoms with E-state index in [1.165, 1.54) is 16.7 Å². The number of aromatic amines is 1. The molecule has 0 spiro atoms. The first-order chi connectivity index (χ1) is 14.6. The highest BCUT2D eigenvalue weighted by Gasteiger charge is 2.18. The molecule has 4 rings (SSSR count). The van der Waals surface area contributed by atoms with Crippen molar-refractivity contribution in [2.45, 2.75) is 26.2 Å². The highest BCUT2D eigenvalue weighted by Crippen LogP contribution is 2.22. The van der Waals surface area contributed by atoms with Crippen LogP contribution in [0.15, 0.2) is 78.9 Å². The third kappa shape index (κ3) is 4.49. The molecule has 4 aromatic rings. The fraction of sp³-hybridized carbons (Fsp3) is 0.154. The molecule has 1 heterocycles. The van der Waals surface area contributed by atoms with Gasteiger partial charge in [-0.05, 0) is 42.0 Å². The number of hydrogen-bond donors (Lipinski definition) is 2. The fourth-order valence-electron chi connectivity index (χ4n) is 3.69. The van der Waals surface area contributed by atoms with E-state index in [1.807, 2.05) is 18.2 Å². The number of nitrogens with zero attached hydrogens (tertiary/aromatic N) is 1. The van der Waals surface area contributed by atoms with Crippen LogP contribution in [0, 0.1) is 6.92 Å². The summed E-state index contributed by atoms with van der Waals surface area (Å²) in [4.78, 5) is 12.2. The number of aromatic nitrogens is 2. The molecule has 0 aliphatic carbocycles. The van der Waals surface area contributed by atoms with Crippen LogP contribution in [0.3, 0.4) is 0 Å². The monoisotopic (exact) mass is 395 g/mol. The third-order valence-corrected chi connectivity index (χ3v) is 5.38. The average molecular weight is 396 g/mol. The van der Waals surface area contributed by atoms with Crippen molar-refractivity contribution in [3.63, 3.8) is 0 Å². The van der Waals surface area contributed by atoms with Gasteiger partial charge in [-0.3, -0.25) is 9.89 Å². The van der Waals surface area contributed by atoms with Gasteiger partial charge >= 0.3 is 0 Å². The summed E-state index contributed by atoms with van der Waals surface area (Å²) in [6.07, 6.45) is 2.08. The van der Waals surface area contributed by atoms with E-state index in [4.69, 9.17) is 5.73 Å². The van der Waals surface area contributed by atoms with Gasteiger partial charge < -0.3 is 5.73 Å². The summed E-state index contributed by atoms with van der Waals surface area (Å²) in [5.41, 5.74) is 13.6. The van der Waals surface area contributed by atoms with E-state index in [2.05, 4.69) is 77.8 Å². The van der Waals surface area contributed by atoms with Crippen molar-refractivity contribution in [1.82, 2.24) is 10.2 Å². The lowest BCUT2D eigenvalue weighted by atomic mass is 9.99. The van der Waals surface area contributed by atoms with Crippen LogP contribution in [0.2, 0.25) is 0 Å². The first kappa shape index (κ1) is 19.6. The van der Waals surface area contributed by atoms with Crippen molar-refractivity contribution >= 4 is 5.91 Å². The molecule has 0 unspecified atom stereocenters. The Balaban J connectivity index is 1.50. The molecule has 0 bridgehead atoms. The minimum atomic E-state index is -0.432. The number of primary amides is 1. The summed E-state index contributed by atoms with van der Waals surface area (Å²) in [7, 11) is 0. The van der Waals surface area contributed by atoms with Crippen LogP contribution in [0.25, 0.3) is 11.1 Å². The number of hydrogen-bond acceptors (Lipinski definition) is 2. The second kappa shape index (κ2) is 8.78. The molecule has 3 aromatic carbocycles. The van der Waals surface area contributed by atoms with E-state index < -0.39 is 5.91 Å². The lowest BCUT2D eigenvalue weighted by Crippen LogP contribution is -2.15. The predicted molar refractivity (Wildman–Crippen MR) is 120 cm³/mol. The second-order valence-corrected chi connectivity index (χ2v) is 7.61. The van der Waals surface area contributed by atoms with Gasteiger partial charge in [0.05, 0.1) is 17.0 Å². The Kier molecular flexibility index (Phi) is 5.75. The Morgan fingerprint density at radius 2 is 1.47 bits per heavy atom. The van der Waals surface area contributed by atoms with Gasteiger partial charge in [0, 0.05) is 6.42 Å². The Morgan fingerprint density at radius 1 is 0.833 bits per heavy atom. The van der Waals surface area contributed by atoms with Crippen LogP contribution in [0.5, 0.6) is 0 Å². The van der Waals surface area contributed by atoms with Crippen molar-refractivity contribution in [2.75, 3.05) is 0 Å². The molecule has 3 N–H and O–H groups in total. The summed E-state index contributed by atoms with van der Waals surface area (Å²) in [6.45, 7) is 2.07. The molecule has 0 saturated carbocycles. The molecule has 0 radical (unpaired) electrons. The molecule has 0 fully saturated rings. The molecule has 0 aliphatic heterocycles. The SMILES string of the molecule is Cc1ccc(CCc2n[nH]c(Cc3ccc(-c4ccccc4)cc3)c2C(N)=O)cc1. The van der Waals surface area contributed by atoms with Crippen LogP contribution in [-0.2, 0) is 19.3 Å². The second-order valence-electron chi connectivity index (χ2n) is 7.61. The van der Waals surface area contributed by atoms with Crippen molar-refractivity contribution in [2.24, 2.45) is 5.73 Å². The molecule has 0 saturated heterocycles. The van der Waals surface area contributed by atoms with Crippen molar-refractivity contribution in [3.8, 4) is 11.1 Å². The zero-order chi connectivity index (χ0) is 20.9. The number of aryl methyl sites for hydroxylation is 3. The van der Waals surface area contributed by atoms with E-state index in [0.29, 0.717) is 18.4 Å². The van der Waals surface area contributed by atoms with Gasteiger partial charge in [0.25, 0.3) is 5.91 Å². The molecular weight excluding hydrogens is 370 g/mol. The molecule has 4 heteroatoms. The van der Waals surface area contributed by atoms with Gasteiger partial charge in [0.2, 0.25) is 0 Å². The average Bonchev–Trinajstić information content (AvgIpc) is 3.17. The zero-order valence-corrected chi connectivity index (χ0v) is 17.1. The summed E-state index contributed by atoms with van der Waals surface area (Å²) >= 11 is 0. The number of nitrogens with two attached hydrogens (primary N) is 1. The first-order valence-corrected chi connectivity index (χ1v) is 10.2. The smallest absolute Gasteiger partial charge is 0.252 e. The Labute approximate surface area is 176 Å². The molecule has 1 aromatic heterocycles. The third-order valence-electron chi connectivity index (χ3n) is 5.38. The van der Waals surface area contributed by atoms with Gasteiger partial charge in [-0.25, -0.2) is 0 Å². The lowest BCUT2D eigenvalue weighted by molar-refractivity contribution is 0.0998. The summed E-state index contributed by atoms with van der Waals surface area (Å²) in [6, 6.07) is 27.0. The standard InChI is InChI=1S/C26H25N3O/c1-18-7-9-19(10-8-18)13-16-23-25(26(27)30)24(29-28-23)17-20-11-14-22(15-12-20)21-5-3-2-4-6-21/h2-12,14-15H,13,16-17H2,1H3,(H2,27,30)(H,28,29). The van der Waals surface area contributed by atoms with Crippen molar-refractivity contribution < 1.29 is 4.79 Å². The number of amides is 1. The number of H-pyrrole nitrogens is 1. The van der Waals surface area contributed by atoms with Gasteiger partial charge in [0.15, 0.2) is 0 Å². The first-order valence-electron chi connectivity index (χ1n) is 10.2. The van der Waals surface area contributed by atoms with Gasteiger partial charge in [-0.2, -0.15) is 5.10 Å². The topological polar surface area (TPSA) is 71.8 Å². The van der Waals surface area contributed by atoms with Crippen LogP contribution >= 0.6 is 0 Å². The largest absolute Gasteiger partial charge is 0.365 e. The highest BCUT2D eigenvalue weighted by molar-refractivity contribution is 5.95. The number of carbonyl (C=O) groups is 1. The van der Waals surface area contributed by atoms with E-state index in [-0.39, 0.29) is 0 Å². The highest BCUT2D eigenvalue weighted by atomic mass is 16.1. The number of carbonyl (C=O) groups excluding carboxylic acids is 1. The molecule has 4 nitrogen and oxygen atoms in total. The van der Waals surface area contributed by atoms with Gasteiger partial charge in [0.1, 0.15) is 0 Å². The molecular formula is C26H25N3O. The minimum Gasteiger partial charge on any atom is -0.365 e. The molecule has 150 valence electrons. The van der Waals surface area contributed by atoms with Gasteiger partial charge in [-0.15, -0.1) is 0 Å². The lowest BCUT2D eigenvalue weighted by Gasteiger charge is -2.06. The zero-order valence-electron chi connectivity index (χ0n) is 17.1. The van der Waals surface area contributed by atoms with Crippen molar-refractivity contribution in [3.05, 3.63) is 113 Å². The van der Waals surface area contributed by atoms with Crippen molar-refractivity contribution in [1.29, 1.82) is 0 Å². The molecule has 0 aliphatic rings. The Hall–Kier alpha value is -3.66. The summed E-state index contributed by atoms with van der Waals surface area (Å²) in [5.74, 6) is -0.432.